The number of H-pyrrole nitrogens is 1. The summed E-state index contributed by atoms with van der Waals surface area (Å²) in [5, 5.41) is 8.98. The number of rotatable bonds is 2. The molecule has 3 rings (SSSR count). The van der Waals surface area contributed by atoms with Gasteiger partial charge in [0.15, 0.2) is 5.13 Å². The van der Waals surface area contributed by atoms with Crippen LogP contribution in [0.25, 0.3) is 10.9 Å². The van der Waals surface area contributed by atoms with Crippen LogP contribution in [-0.2, 0) is 0 Å². The second kappa shape index (κ2) is 4.74. The Balaban J connectivity index is 1.76. The van der Waals surface area contributed by atoms with E-state index in [-0.39, 0.29) is 6.03 Å². The molecule has 0 spiro atoms. The molecule has 0 saturated carbocycles. The highest BCUT2D eigenvalue weighted by atomic mass is 32.1. The topological polar surface area (TPSA) is 69.8 Å². The molecule has 0 atom stereocenters. The number of hydrogen-bond acceptors (Lipinski definition) is 3. The summed E-state index contributed by atoms with van der Waals surface area (Å²) >= 11 is 1.40. The van der Waals surface area contributed by atoms with Crippen LogP contribution >= 0.6 is 11.3 Å². The van der Waals surface area contributed by atoms with E-state index in [4.69, 9.17) is 0 Å². The van der Waals surface area contributed by atoms with Gasteiger partial charge < -0.3 is 10.3 Å². The van der Waals surface area contributed by atoms with Crippen LogP contribution in [0.2, 0.25) is 0 Å². The van der Waals surface area contributed by atoms with Crippen LogP contribution in [0.1, 0.15) is 5.69 Å². The minimum Gasteiger partial charge on any atom is -0.359 e. The fourth-order valence-corrected chi connectivity index (χ4v) is 2.52. The summed E-state index contributed by atoms with van der Waals surface area (Å²) in [5.74, 6) is 0. The maximum absolute atomic E-state index is 11.9. The van der Waals surface area contributed by atoms with Crippen LogP contribution in [-0.4, -0.2) is 16.0 Å². The summed E-state index contributed by atoms with van der Waals surface area (Å²) in [7, 11) is 0. The monoisotopic (exact) mass is 272 g/mol. The van der Waals surface area contributed by atoms with Gasteiger partial charge in [-0.15, -0.1) is 11.3 Å². The molecular weight excluding hydrogens is 260 g/mol. The zero-order chi connectivity index (χ0) is 13.2. The van der Waals surface area contributed by atoms with Crippen molar-refractivity contribution in [3.05, 3.63) is 41.5 Å². The Kier molecular flexibility index (Phi) is 2.92. The fraction of sp³-hybridized carbons (Fsp3) is 0.0769. The van der Waals surface area contributed by atoms with E-state index >= 15 is 0 Å². The molecule has 1 aromatic carbocycles. The Hall–Kier alpha value is -2.34. The van der Waals surface area contributed by atoms with Gasteiger partial charge in [0.05, 0.1) is 11.4 Å². The summed E-state index contributed by atoms with van der Waals surface area (Å²) in [6.45, 7) is 1.89. The maximum Gasteiger partial charge on any atom is 0.325 e. The maximum atomic E-state index is 11.9. The van der Waals surface area contributed by atoms with Crippen molar-refractivity contribution in [1.82, 2.24) is 9.97 Å². The first-order valence-corrected chi connectivity index (χ1v) is 6.66. The Morgan fingerprint density at radius 2 is 2.16 bits per heavy atom. The Labute approximate surface area is 113 Å². The molecule has 0 aliphatic rings. The molecule has 6 heteroatoms. The number of carbonyl (C=O) groups is 1. The van der Waals surface area contributed by atoms with Crippen molar-refractivity contribution in [2.45, 2.75) is 6.92 Å². The number of aromatic nitrogens is 2. The predicted molar refractivity (Wildman–Crippen MR) is 77.8 cm³/mol. The molecule has 0 bridgehead atoms. The number of hydrogen-bond donors (Lipinski definition) is 3. The summed E-state index contributed by atoms with van der Waals surface area (Å²) in [5.41, 5.74) is 2.64. The number of carbonyl (C=O) groups excluding carboxylic acids is 1. The van der Waals surface area contributed by atoms with E-state index in [9.17, 15) is 4.79 Å². The van der Waals surface area contributed by atoms with Gasteiger partial charge in [-0.1, -0.05) is 18.2 Å². The van der Waals surface area contributed by atoms with Crippen LogP contribution in [0.3, 0.4) is 0 Å². The Morgan fingerprint density at radius 1 is 1.32 bits per heavy atom. The van der Waals surface area contributed by atoms with Gasteiger partial charge in [0.1, 0.15) is 0 Å². The van der Waals surface area contributed by atoms with Gasteiger partial charge in [-0.3, -0.25) is 5.32 Å². The van der Waals surface area contributed by atoms with Gasteiger partial charge >= 0.3 is 6.03 Å². The standard InChI is InChI=1S/C13H12N4OS/c1-8-7-19-13(15-8)17-12(18)16-11-6-14-10-5-3-2-4-9(10)11/h2-7,14H,1H3,(H2,15,16,17,18). The van der Waals surface area contributed by atoms with E-state index in [2.05, 4.69) is 20.6 Å². The Morgan fingerprint density at radius 3 is 2.95 bits per heavy atom. The van der Waals surface area contributed by atoms with Crippen molar-refractivity contribution in [2.75, 3.05) is 10.6 Å². The third-order valence-electron chi connectivity index (χ3n) is 2.68. The number of anilines is 2. The van der Waals surface area contributed by atoms with Gasteiger partial charge in [-0.25, -0.2) is 9.78 Å². The van der Waals surface area contributed by atoms with E-state index in [1.54, 1.807) is 6.20 Å². The van der Waals surface area contributed by atoms with Crippen LogP contribution < -0.4 is 10.6 Å². The smallest absolute Gasteiger partial charge is 0.325 e. The van der Waals surface area contributed by atoms with E-state index in [0.717, 1.165) is 22.3 Å². The van der Waals surface area contributed by atoms with Crippen LogP contribution in [0.15, 0.2) is 35.8 Å². The molecule has 0 unspecified atom stereocenters. The molecule has 2 heterocycles. The highest BCUT2D eigenvalue weighted by molar-refractivity contribution is 7.13. The van der Waals surface area contributed by atoms with Gasteiger partial charge in [0.2, 0.25) is 0 Å². The first-order chi connectivity index (χ1) is 9.22. The molecule has 0 radical (unpaired) electrons. The van der Waals surface area contributed by atoms with Crippen molar-refractivity contribution in [3.63, 3.8) is 0 Å². The number of fused-ring (bicyclic) bond motifs is 1. The number of aryl methyl sites for hydroxylation is 1. The molecule has 3 N–H and O–H groups in total. The molecule has 3 aromatic rings. The number of urea groups is 1. The number of thiazole rings is 1. The molecule has 0 aliphatic heterocycles. The molecule has 2 aromatic heterocycles. The lowest BCUT2D eigenvalue weighted by Crippen LogP contribution is -2.19. The molecular formula is C13H12N4OS. The number of benzene rings is 1. The molecule has 5 nitrogen and oxygen atoms in total. The summed E-state index contributed by atoms with van der Waals surface area (Å²) < 4.78 is 0. The van der Waals surface area contributed by atoms with Crippen molar-refractivity contribution in [3.8, 4) is 0 Å². The zero-order valence-electron chi connectivity index (χ0n) is 10.2. The molecule has 0 aliphatic carbocycles. The van der Waals surface area contributed by atoms with Gasteiger partial charge in [0.25, 0.3) is 0 Å². The first kappa shape index (κ1) is 11.7. The van der Waals surface area contributed by atoms with Crippen molar-refractivity contribution in [1.29, 1.82) is 0 Å². The second-order valence-corrected chi connectivity index (χ2v) is 4.98. The van der Waals surface area contributed by atoms with Crippen LogP contribution in [0.4, 0.5) is 15.6 Å². The SMILES string of the molecule is Cc1csc(NC(=O)Nc2c[nH]c3ccccc23)n1. The minimum atomic E-state index is -0.292. The third kappa shape index (κ3) is 2.43. The number of nitrogens with one attached hydrogen (secondary N) is 3. The number of amides is 2. The normalized spacial score (nSPS) is 10.6. The highest BCUT2D eigenvalue weighted by Gasteiger charge is 2.08. The second-order valence-electron chi connectivity index (χ2n) is 4.12. The molecule has 96 valence electrons. The molecule has 0 saturated heterocycles. The van der Waals surface area contributed by atoms with E-state index in [0.29, 0.717) is 5.13 Å². The minimum absolute atomic E-state index is 0.292. The van der Waals surface area contributed by atoms with Gasteiger partial charge in [-0.05, 0) is 13.0 Å². The lowest BCUT2D eigenvalue weighted by molar-refractivity contribution is 0.262. The zero-order valence-corrected chi connectivity index (χ0v) is 11.0. The number of aromatic amines is 1. The van der Waals surface area contributed by atoms with E-state index in [1.165, 1.54) is 11.3 Å². The lowest BCUT2D eigenvalue weighted by Gasteiger charge is -2.03. The third-order valence-corrected chi connectivity index (χ3v) is 3.55. The van der Waals surface area contributed by atoms with E-state index in [1.807, 2.05) is 36.6 Å². The predicted octanol–water partition coefficient (Wildman–Crippen LogP) is 3.58. The van der Waals surface area contributed by atoms with Crippen molar-refractivity contribution >= 4 is 39.1 Å². The van der Waals surface area contributed by atoms with Gasteiger partial charge in [0, 0.05) is 22.5 Å². The summed E-state index contributed by atoms with van der Waals surface area (Å²) in [6.07, 6.45) is 1.78. The first-order valence-electron chi connectivity index (χ1n) is 5.78. The average Bonchev–Trinajstić information content (AvgIpc) is 2.97. The summed E-state index contributed by atoms with van der Waals surface area (Å²) in [6, 6.07) is 7.50. The number of nitrogens with zero attached hydrogens (tertiary/aromatic N) is 1. The number of para-hydroxylation sites is 1. The molecule has 2 amide bonds. The lowest BCUT2D eigenvalue weighted by atomic mass is 10.2. The largest absolute Gasteiger partial charge is 0.359 e. The average molecular weight is 272 g/mol. The molecule has 0 fully saturated rings. The van der Waals surface area contributed by atoms with E-state index < -0.39 is 0 Å². The Bertz CT molecular complexity index is 731. The fourth-order valence-electron chi connectivity index (χ4n) is 1.84. The molecule has 19 heavy (non-hydrogen) atoms. The van der Waals surface area contributed by atoms with Crippen LogP contribution in [0, 0.1) is 6.92 Å². The highest BCUT2D eigenvalue weighted by Crippen LogP contribution is 2.23. The van der Waals surface area contributed by atoms with Crippen LogP contribution in [0.5, 0.6) is 0 Å². The quantitative estimate of drug-likeness (QED) is 0.667. The summed E-state index contributed by atoms with van der Waals surface area (Å²) in [4.78, 5) is 19.2. The van der Waals surface area contributed by atoms with Crippen molar-refractivity contribution < 1.29 is 4.79 Å². The van der Waals surface area contributed by atoms with Crippen molar-refractivity contribution in [2.24, 2.45) is 0 Å². The van der Waals surface area contributed by atoms with Gasteiger partial charge in [-0.2, -0.15) is 0 Å².